The van der Waals surface area contributed by atoms with E-state index in [1.54, 1.807) is 19.1 Å². The molecule has 0 aliphatic carbocycles. The van der Waals surface area contributed by atoms with Crippen molar-refractivity contribution in [2.75, 3.05) is 26.8 Å². The minimum absolute atomic E-state index is 0.118. The van der Waals surface area contributed by atoms with Crippen LogP contribution in [0.4, 0.5) is 0 Å². The van der Waals surface area contributed by atoms with Crippen LogP contribution in [0, 0.1) is 0 Å². The average molecular weight is 286 g/mol. The number of benzene rings is 1. The normalized spacial score (nSPS) is 16.4. The van der Waals surface area contributed by atoms with Gasteiger partial charge in [0, 0.05) is 19.6 Å². The monoisotopic (exact) mass is 286 g/mol. The molecule has 0 saturated heterocycles. The Bertz CT molecular complexity index is 559. The van der Waals surface area contributed by atoms with Crippen LogP contribution in [0.25, 0.3) is 0 Å². The van der Waals surface area contributed by atoms with Crippen LogP contribution in [0.3, 0.4) is 0 Å². The molecule has 0 amide bonds. The van der Waals surface area contributed by atoms with Gasteiger partial charge < -0.3 is 15.2 Å². The Balaban J connectivity index is 2.46. The Morgan fingerprint density at radius 3 is 2.74 bits per heavy atom. The highest BCUT2D eigenvalue weighted by Gasteiger charge is 2.30. The van der Waals surface area contributed by atoms with E-state index >= 15 is 0 Å². The molecule has 7 heteroatoms. The Hall–Kier alpha value is -1.31. The van der Waals surface area contributed by atoms with Gasteiger partial charge in [-0.2, -0.15) is 4.31 Å². The third-order valence-corrected chi connectivity index (χ3v) is 5.14. The minimum atomic E-state index is -3.64. The largest absolute Gasteiger partial charge is 0.486 e. The topological polar surface area (TPSA) is 81.9 Å². The van der Waals surface area contributed by atoms with Crippen LogP contribution in [0.1, 0.15) is 6.92 Å². The Kier molecular flexibility index (Phi) is 3.98. The van der Waals surface area contributed by atoms with Crippen LogP contribution in [0.5, 0.6) is 11.5 Å². The summed E-state index contributed by atoms with van der Waals surface area (Å²) in [7, 11) is -2.13. The third kappa shape index (κ3) is 2.54. The summed E-state index contributed by atoms with van der Waals surface area (Å²) in [5.74, 6) is 0.742. The molecule has 6 nitrogen and oxygen atoms in total. The zero-order valence-corrected chi connectivity index (χ0v) is 11.8. The number of sulfonamides is 1. The first kappa shape index (κ1) is 14.1. The van der Waals surface area contributed by atoms with E-state index < -0.39 is 10.0 Å². The number of likely N-dealkylation sites (N-methyl/N-ethyl adjacent to an activating group) is 1. The van der Waals surface area contributed by atoms with Gasteiger partial charge in [-0.15, -0.1) is 0 Å². The van der Waals surface area contributed by atoms with Crippen molar-refractivity contribution in [3.8, 4) is 11.5 Å². The Morgan fingerprint density at radius 1 is 1.37 bits per heavy atom. The van der Waals surface area contributed by atoms with Crippen molar-refractivity contribution in [2.45, 2.75) is 17.9 Å². The number of fused-ring (bicyclic) bond motifs is 1. The molecule has 2 rings (SSSR count). The van der Waals surface area contributed by atoms with Crippen LogP contribution in [-0.2, 0) is 10.0 Å². The van der Waals surface area contributed by atoms with Crippen LogP contribution in [0.2, 0.25) is 0 Å². The second kappa shape index (κ2) is 5.36. The summed E-state index contributed by atoms with van der Waals surface area (Å²) in [5.41, 5.74) is 5.52. The van der Waals surface area contributed by atoms with Gasteiger partial charge in [0.05, 0.1) is 0 Å². The van der Waals surface area contributed by atoms with Crippen LogP contribution in [0.15, 0.2) is 23.1 Å². The zero-order valence-electron chi connectivity index (χ0n) is 11.0. The highest BCUT2D eigenvalue weighted by molar-refractivity contribution is 7.89. The number of ether oxygens (including phenoxy) is 2. The van der Waals surface area contributed by atoms with Crippen molar-refractivity contribution >= 4 is 10.0 Å². The number of hydrogen-bond acceptors (Lipinski definition) is 5. The molecule has 19 heavy (non-hydrogen) atoms. The van der Waals surface area contributed by atoms with Crippen molar-refractivity contribution in [1.29, 1.82) is 0 Å². The Labute approximate surface area is 113 Å². The molecule has 0 aromatic heterocycles. The molecule has 1 heterocycles. The fraction of sp³-hybridized carbons (Fsp3) is 0.500. The number of rotatable bonds is 4. The maximum atomic E-state index is 12.5. The third-order valence-electron chi connectivity index (χ3n) is 3.15. The summed E-state index contributed by atoms with van der Waals surface area (Å²) in [6.45, 7) is 2.77. The van der Waals surface area contributed by atoms with E-state index in [1.165, 1.54) is 17.4 Å². The molecule has 1 atom stereocenters. The molecule has 1 unspecified atom stereocenters. The van der Waals surface area contributed by atoms with E-state index in [4.69, 9.17) is 15.2 Å². The molecule has 106 valence electrons. The molecule has 1 aromatic rings. The predicted octanol–water partition coefficient (Wildman–Crippen LogP) is 0.425. The molecular weight excluding hydrogens is 268 g/mol. The van der Waals surface area contributed by atoms with Crippen molar-refractivity contribution < 1.29 is 17.9 Å². The summed E-state index contributed by atoms with van der Waals surface area (Å²) >= 11 is 0. The van der Waals surface area contributed by atoms with E-state index in [0.29, 0.717) is 19.0 Å². The summed E-state index contributed by atoms with van der Waals surface area (Å²) in [4.78, 5) is 0.118. The highest BCUT2D eigenvalue weighted by atomic mass is 32.2. The molecule has 0 bridgehead atoms. The fourth-order valence-corrected chi connectivity index (χ4v) is 3.31. The van der Waals surface area contributed by atoms with Gasteiger partial charge in [0.15, 0.2) is 11.5 Å². The van der Waals surface area contributed by atoms with Crippen molar-refractivity contribution in [2.24, 2.45) is 5.73 Å². The SMILES string of the molecule is CC(CN)N(C)S(=O)(=O)c1cccc2c1OCCO2. The van der Waals surface area contributed by atoms with Crippen molar-refractivity contribution in [3.63, 3.8) is 0 Å². The smallest absolute Gasteiger partial charge is 0.246 e. The fourth-order valence-electron chi connectivity index (χ4n) is 1.79. The lowest BCUT2D eigenvalue weighted by atomic mass is 10.3. The second-order valence-electron chi connectivity index (χ2n) is 4.39. The average Bonchev–Trinajstić information content (AvgIpc) is 2.44. The number of nitrogens with zero attached hydrogens (tertiary/aromatic N) is 1. The first-order valence-corrected chi connectivity index (χ1v) is 7.49. The summed E-state index contributed by atoms with van der Waals surface area (Å²) in [6, 6.07) is 4.56. The standard InChI is InChI=1S/C12H18N2O4S/c1-9(8-13)14(2)19(15,16)11-5-3-4-10-12(11)18-7-6-17-10/h3-5,9H,6-8,13H2,1-2H3. The number of nitrogens with two attached hydrogens (primary N) is 1. The van der Waals surface area contributed by atoms with Gasteiger partial charge in [-0.3, -0.25) is 0 Å². The summed E-state index contributed by atoms with van der Waals surface area (Å²) in [5, 5.41) is 0. The molecule has 1 aromatic carbocycles. The van der Waals surface area contributed by atoms with Gasteiger partial charge in [-0.05, 0) is 19.1 Å². The predicted molar refractivity (Wildman–Crippen MR) is 70.9 cm³/mol. The second-order valence-corrected chi connectivity index (χ2v) is 6.35. The van der Waals surface area contributed by atoms with E-state index in [1.807, 2.05) is 0 Å². The molecule has 0 fully saturated rings. The van der Waals surface area contributed by atoms with Crippen LogP contribution in [-0.4, -0.2) is 45.6 Å². The van der Waals surface area contributed by atoms with Gasteiger partial charge >= 0.3 is 0 Å². The zero-order chi connectivity index (χ0) is 14.0. The van der Waals surface area contributed by atoms with Gasteiger partial charge in [-0.25, -0.2) is 8.42 Å². The van der Waals surface area contributed by atoms with E-state index in [9.17, 15) is 8.42 Å². The van der Waals surface area contributed by atoms with Crippen LogP contribution >= 0.6 is 0 Å². The quantitative estimate of drug-likeness (QED) is 0.867. The lowest BCUT2D eigenvalue weighted by Crippen LogP contribution is -2.39. The maximum Gasteiger partial charge on any atom is 0.246 e. The van der Waals surface area contributed by atoms with Crippen molar-refractivity contribution in [1.82, 2.24) is 4.31 Å². The lowest BCUT2D eigenvalue weighted by molar-refractivity contribution is 0.166. The molecule has 0 spiro atoms. The minimum Gasteiger partial charge on any atom is -0.486 e. The summed E-state index contributed by atoms with van der Waals surface area (Å²) in [6.07, 6.45) is 0. The van der Waals surface area contributed by atoms with Gasteiger partial charge in [0.2, 0.25) is 10.0 Å². The highest BCUT2D eigenvalue weighted by Crippen LogP contribution is 2.37. The summed E-state index contributed by atoms with van der Waals surface area (Å²) < 4.78 is 37.2. The molecule has 1 aliphatic heterocycles. The van der Waals surface area contributed by atoms with Gasteiger partial charge in [0.1, 0.15) is 18.1 Å². The first-order chi connectivity index (χ1) is 8.98. The number of hydrogen-bond donors (Lipinski definition) is 1. The molecule has 0 radical (unpaired) electrons. The van der Waals surface area contributed by atoms with Crippen molar-refractivity contribution in [3.05, 3.63) is 18.2 Å². The maximum absolute atomic E-state index is 12.5. The van der Waals surface area contributed by atoms with E-state index in [-0.39, 0.29) is 23.2 Å². The van der Waals surface area contributed by atoms with E-state index in [0.717, 1.165) is 0 Å². The molecular formula is C12H18N2O4S. The van der Waals surface area contributed by atoms with Gasteiger partial charge in [0.25, 0.3) is 0 Å². The van der Waals surface area contributed by atoms with Crippen LogP contribution < -0.4 is 15.2 Å². The lowest BCUT2D eigenvalue weighted by Gasteiger charge is -2.26. The molecule has 1 aliphatic rings. The molecule has 0 saturated carbocycles. The Morgan fingerprint density at radius 2 is 2.05 bits per heavy atom. The van der Waals surface area contributed by atoms with E-state index in [2.05, 4.69) is 0 Å². The first-order valence-electron chi connectivity index (χ1n) is 6.05. The number of para-hydroxylation sites is 1. The van der Waals surface area contributed by atoms with Gasteiger partial charge in [-0.1, -0.05) is 6.07 Å². The molecule has 2 N–H and O–H groups in total.